The molecule has 24 heavy (non-hydrogen) atoms. The van der Waals surface area contributed by atoms with Gasteiger partial charge in [-0.2, -0.15) is 8.70 Å². The lowest BCUT2D eigenvalue weighted by molar-refractivity contribution is -0.387. The molecule has 1 aliphatic rings. The normalized spacial score (nSPS) is 20.0. The Labute approximate surface area is 138 Å². The fraction of sp³-hybridized carbons (Fsp3) is 0.385. The van der Waals surface area contributed by atoms with E-state index in [1.165, 1.54) is 0 Å². The molecule has 0 N–H and O–H groups in total. The SMILES string of the molecule is C#CCN(C1CCS(=O)(=O)C1)S(=O)(=O)c1ccc([N+](=O)[O-])c(F)c1. The van der Waals surface area contributed by atoms with Crippen molar-refractivity contribution in [1.29, 1.82) is 0 Å². The lowest BCUT2D eigenvalue weighted by Gasteiger charge is -2.25. The van der Waals surface area contributed by atoms with Gasteiger partial charge in [0.2, 0.25) is 15.8 Å². The second kappa shape index (κ2) is 6.46. The Bertz CT molecular complexity index is 920. The van der Waals surface area contributed by atoms with Crippen LogP contribution in [0.5, 0.6) is 0 Å². The van der Waals surface area contributed by atoms with E-state index in [0.717, 1.165) is 16.4 Å². The second-order valence-electron chi connectivity index (χ2n) is 5.18. The molecule has 0 saturated carbocycles. The minimum absolute atomic E-state index is 0.0821. The van der Waals surface area contributed by atoms with E-state index in [9.17, 15) is 31.3 Å². The van der Waals surface area contributed by atoms with Crippen LogP contribution in [-0.4, -0.2) is 50.2 Å². The molecular formula is C13H13FN2O6S2. The predicted molar refractivity (Wildman–Crippen MR) is 82.8 cm³/mol. The summed E-state index contributed by atoms with van der Waals surface area (Å²) in [6.45, 7) is -0.388. The Balaban J connectivity index is 2.44. The molecule has 0 aromatic heterocycles. The number of nitro groups is 1. The van der Waals surface area contributed by atoms with E-state index in [2.05, 4.69) is 5.92 Å². The lowest BCUT2D eigenvalue weighted by Crippen LogP contribution is -2.41. The number of rotatable bonds is 5. The number of benzene rings is 1. The standard InChI is InChI=1S/C13H13FN2O6S2/c1-2-6-15(10-5-7-23(19,20)9-10)24(21,22)11-3-4-13(16(17)18)12(14)8-11/h1,3-4,8,10H,5-7,9H2. The van der Waals surface area contributed by atoms with Crippen molar-refractivity contribution in [2.45, 2.75) is 17.4 Å². The second-order valence-corrected chi connectivity index (χ2v) is 9.30. The van der Waals surface area contributed by atoms with Gasteiger partial charge < -0.3 is 0 Å². The summed E-state index contributed by atoms with van der Waals surface area (Å²) in [5, 5.41) is 10.6. The summed E-state index contributed by atoms with van der Waals surface area (Å²) < 4.78 is 63.0. The number of sulfone groups is 1. The number of nitro benzene ring substituents is 1. The first-order valence-corrected chi connectivity index (χ1v) is 9.94. The molecule has 0 spiro atoms. The first-order valence-electron chi connectivity index (χ1n) is 6.68. The minimum Gasteiger partial charge on any atom is -0.258 e. The smallest absolute Gasteiger partial charge is 0.258 e. The van der Waals surface area contributed by atoms with Crippen LogP contribution in [0.1, 0.15) is 6.42 Å². The minimum atomic E-state index is -4.30. The van der Waals surface area contributed by atoms with Gasteiger partial charge in [-0.15, -0.1) is 6.42 Å². The number of hydrogen-bond acceptors (Lipinski definition) is 6. The van der Waals surface area contributed by atoms with Crippen molar-refractivity contribution in [2.24, 2.45) is 0 Å². The zero-order chi connectivity index (χ0) is 18.1. The highest BCUT2D eigenvalue weighted by atomic mass is 32.2. The van der Waals surface area contributed by atoms with Crippen LogP contribution in [0.15, 0.2) is 23.1 Å². The fourth-order valence-corrected chi connectivity index (χ4v) is 5.84. The average molecular weight is 376 g/mol. The van der Waals surface area contributed by atoms with Crippen LogP contribution >= 0.6 is 0 Å². The topological polar surface area (TPSA) is 115 Å². The van der Waals surface area contributed by atoms with E-state index < -0.39 is 47.2 Å². The van der Waals surface area contributed by atoms with Gasteiger partial charge in [0.25, 0.3) is 0 Å². The van der Waals surface area contributed by atoms with Gasteiger partial charge in [-0.05, 0) is 12.5 Å². The molecule has 1 fully saturated rings. The molecule has 2 rings (SSSR count). The Kier molecular flexibility index (Phi) is 4.93. The molecule has 1 atom stereocenters. The number of terminal acetylenes is 1. The maximum Gasteiger partial charge on any atom is 0.304 e. The number of hydrogen-bond donors (Lipinski definition) is 0. The molecule has 0 aliphatic carbocycles. The summed E-state index contributed by atoms with van der Waals surface area (Å²) in [6.07, 6.45) is 5.25. The average Bonchev–Trinajstić information content (AvgIpc) is 2.83. The van der Waals surface area contributed by atoms with Gasteiger partial charge in [0.1, 0.15) is 0 Å². The van der Waals surface area contributed by atoms with E-state index in [4.69, 9.17) is 6.42 Å². The van der Waals surface area contributed by atoms with Crippen LogP contribution in [-0.2, 0) is 19.9 Å². The molecule has 1 aromatic carbocycles. The Morgan fingerprint density at radius 1 is 1.46 bits per heavy atom. The highest BCUT2D eigenvalue weighted by molar-refractivity contribution is 7.92. The quantitative estimate of drug-likeness (QED) is 0.421. The molecule has 0 radical (unpaired) electrons. The molecule has 1 aromatic rings. The molecule has 1 aliphatic heterocycles. The van der Waals surface area contributed by atoms with Crippen molar-refractivity contribution in [2.75, 3.05) is 18.1 Å². The number of nitrogens with zero attached hydrogens (tertiary/aromatic N) is 2. The van der Waals surface area contributed by atoms with Gasteiger partial charge in [-0.25, -0.2) is 16.8 Å². The van der Waals surface area contributed by atoms with Crippen molar-refractivity contribution in [3.8, 4) is 12.3 Å². The molecule has 1 unspecified atom stereocenters. The van der Waals surface area contributed by atoms with Crippen LogP contribution in [0.3, 0.4) is 0 Å². The maximum atomic E-state index is 13.7. The van der Waals surface area contributed by atoms with Crippen LogP contribution in [0.2, 0.25) is 0 Å². The summed E-state index contributed by atoms with van der Waals surface area (Å²) in [5.74, 6) is 0.302. The monoisotopic (exact) mass is 376 g/mol. The first kappa shape index (κ1) is 18.3. The number of sulfonamides is 1. The molecule has 11 heteroatoms. The summed E-state index contributed by atoms with van der Waals surface area (Å²) in [5.41, 5.74) is -0.860. The molecule has 1 heterocycles. The molecular weight excluding hydrogens is 363 g/mol. The zero-order valence-electron chi connectivity index (χ0n) is 12.3. The molecule has 0 bridgehead atoms. The van der Waals surface area contributed by atoms with Crippen molar-refractivity contribution in [3.63, 3.8) is 0 Å². The highest BCUT2D eigenvalue weighted by Crippen LogP contribution is 2.27. The Morgan fingerprint density at radius 3 is 2.58 bits per heavy atom. The van der Waals surface area contributed by atoms with Crippen molar-refractivity contribution < 1.29 is 26.1 Å². The van der Waals surface area contributed by atoms with Gasteiger partial charge in [0.15, 0.2) is 9.84 Å². The van der Waals surface area contributed by atoms with Crippen molar-refractivity contribution in [3.05, 3.63) is 34.1 Å². The third-order valence-corrected chi connectivity index (χ3v) is 7.23. The third kappa shape index (κ3) is 3.55. The first-order chi connectivity index (χ1) is 11.1. The number of halogens is 1. The van der Waals surface area contributed by atoms with Crippen molar-refractivity contribution >= 4 is 25.5 Å². The van der Waals surface area contributed by atoms with E-state index in [1.807, 2.05) is 0 Å². The van der Waals surface area contributed by atoms with E-state index in [1.54, 1.807) is 0 Å². The largest absolute Gasteiger partial charge is 0.304 e. The fourth-order valence-electron chi connectivity index (χ4n) is 2.43. The maximum absolute atomic E-state index is 13.7. The van der Waals surface area contributed by atoms with Gasteiger partial charge in [0.05, 0.1) is 27.9 Å². The Morgan fingerprint density at radius 2 is 2.12 bits per heavy atom. The molecule has 130 valence electrons. The predicted octanol–water partition coefficient (Wildman–Crippen LogP) is 0.545. The van der Waals surface area contributed by atoms with Gasteiger partial charge >= 0.3 is 5.69 Å². The van der Waals surface area contributed by atoms with Gasteiger partial charge in [0, 0.05) is 18.2 Å². The van der Waals surface area contributed by atoms with Crippen LogP contribution < -0.4 is 0 Å². The van der Waals surface area contributed by atoms with Gasteiger partial charge in [-0.1, -0.05) is 5.92 Å². The summed E-state index contributed by atoms with van der Waals surface area (Å²) in [4.78, 5) is 9.11. The van der Waals surface area contributed by atoms with Crippen LogP contribution in [0.4, 0.5) is 10.1 Å². The highest BCUT2D eigenvalue weighted by Gasteiger charge is 2.38. The Hall–Kier alpha value is -2.03. The lowest BCUT2D eigenvalue weighted by atomic mass is 10.3. The summed E-state index contributed by atoms with van der Waals surface area (Å²) in [7, 11) is -7.66. The van der Waals surface area contributed by atoms with Gasteiger partial charge in [-0.3, -0.25) is 10.1 Å². The zero-order valence-corrected chi connectivity index (χ0v) is 13.9. The van der Waals surface area contributed by atoms with Crippen LogP contribution in [0, 0.1) is 28.3 Å². The summed E-state index contributed by atoms with van der Waals surface area (Å²) >= 11 is 0. The molecule has 8 nitrogen and oxygen atoms in total. The van der Waals surface area contributed by atoms with Crippen LogP contribution in [0.25, 0.3) is 0 Å². The molecule has 0 amide bonds. The van der Waals surface area contributed by atoms with E-state index >= 15 is 0 Å². The van der Waals surface area contributed by atoms with Crippen molar-refractivity contribution in [1.82, 2.24) is 4.31 Å². The summed E-state index contributed by atoms with van der Waals surface area (Å²) in [6, 6.07) is 1.31. The van der Waals surface area contributed by atoms with E-state index in [-0.39, 0.29) is 24.5 Å². The van der Waals surface area contributed by atoms with E-state index in [0.29, 0.717) is 6.07 Å². The third-order valence-electron chi connectivity index (χ3n) is 3.59. The molecule has 1 saturated heterocycles.